The summed E-state index contributed by atoms with van der Waals surface area (Å²) in [6.07, 6.45) is 5.04. The largest absolute Gasteiger partial charge is 0.271 e. The predicted molar refractivity (Wildman–Crippen MR) is 45.1 cm³/mol. The average molecular weight is 174 g/mol. The summed E-state index contributed by atoms with van der Waals surface area (Å²) >= 11 is 0. The number of hydrogen-bond acceptors (Lipinski definition) is 4. The van der Waals surface area contributed by atoms with Gasteiger partial charge in [-0.05, 0) is 0 Å². The van der Waals surface area contributed by atoms with Crippen LogP contribution in [0.3, 0.4) is 0 Å². The van der Waals surface area contributed by atoms with Crippen molar-refractivity contribution < 1.29 is 0 Å². The van der Waals surface area contributed by atoms with Gasteiger partial charge in [0.05, 0.1) is 11.6 Å². The molecule has 0 atom stereocenters. The number of rotatable bonds is 0. The molecule has 6 nitrogen and oxygen atoms in total. The van der Waals surface area contributed by atoms with Gasteiger partial charge in [0.1, 0.15) is 12.7 Å². The van der Waals surface area contributed by atoms with Crippen LogP contribution in [0.5, 0.6) is 0 Å². The van der Waals surface area contributed by atoms with Crippen LogP contribution in [0.25, 0.3) is 16.7 Å². The lowest BCUT2D eigenvalue weighted by molar-refractivity contribution is 0.784. The van der Waals surface area contributed by atoms with Crippen LogP contribution in [0.4, 0.5) is 0 Å². The van der Waals surface area contributed by atoms with Gasteiger partial charge in [0.2, 0.25) is 0 Å². The van der Waals surface area contributed by atoms with E-state index in [1.54, 1.807) is 27.9 Å². The molecule has 0 spiro atoms. The molecule has 0 saturated heterocycles. The Labute approximate surface area is 72.8 Å². The molecule has 0 saturated carbocycles. The molecule has 64 valence electrons. The van der Waals surface area contributed by atoms with Gasteiger partial charge in [0.25, 0.3) is 0 Å². The second-order valence-corrected chi connectivity index (χ2v) is 2.81. The molecular formula is C7H6N6. The van der Waals surface area contributed by atoms with Crippen LogP contribution in [0, 0.1) is 0 Å². The van der Waals surface area contributed by atoms with E-state index < -0.39 is 0 Å². The maximum Gasteiger partial charge on any atom is 0.174 e. The molecule has 0 fully saturated rings. The summed E-state index contributed by atoms with van der Waals surface area (Å²) < 4.78 is 3.48. The average Bonchev–Trinajstić information content (AvgIpc) is 2.70. The summed E-state index contributed by atoms with van der Waals surface area (Å²) in [5.41, 5.74) is 1.61. The fourth-order valence-corrected chi connectivity index (χ4v) is 1.38. The van der Waals surface area contributed by atoms with Crippen LogP contribution in [-0.4, -0.2) is 29.4 Å². The van der Waals surface area contributed by atoms with Crippen LogP contribution in [0.15, 0.2) is 18.9 Å². The van der Waals surface area contributed by atoms with Gasteiger partial charge in [-0.3, -0.25) is 9.08 Å². The highest BCUT2D eigenvalue weighted by atomic mass is 15.3. The van der Waals surface area contributed by atoms with Crippen molar-refractivity contribution in [3.63, 3.8) is 0 Å². The standard InChI is InChI=1S/C7H6N6/c1-12-6-5(2-10-12)7-11-9-4-13(7)3-8-6/h2-4H,1H3. The van der Waals surface area contributed by atoms with Crippen molar-refractivity contribution in [1.29, 1.82) is 0 Å². The summed E-state index contributed by atoms with van der Waals surface area (Å²) in [5.74, 6) is 0. The van der Waals surface area contributed by atoms with E-state index in [-0.39, 0.29) is 0 Å². The lowest BCUT2D eigenvalue weighted by Crippen LogP contribution is -1.93. The Bertz CT molecular complexity index is 577. The predicted octanol–water partition coefficient (Wildman–Crippen LogP) is 0.0110. The summed E-state index contributed by atoms with van der Waals surface area (Å²) in [4.78, 5) is 4.22. The lowest BCUT2D eigenvalue weighted by atomic mass is 10.4. The molecule has 3 aromatic rings. The number of hydrogen-bond donors (Lipinski definition) is 0. The molecule has 0 unspecified atom stereocenters. The van der Waals surface area contributed by atoms with Gasteiger partial charge in [-0.15, -0.1) is 10.2 Å². The number of aromatic nitrogens is 6. The molecule has 0 aliphatic heterocycles. The van der Waals surface area contributed by atoms with Gasteiger partial charge < -0.3 is 0 Å². The molecule has 3 rings (SSSR count). The lowest BCUT2D eigenvalue weighted by Gasteiger charge is -1.93. The van der Waals surface area contributed by atoms with Crippen molar-refractivity contribution in [3.05, 3.63) is 18.9 Å². The second-order valence-electron chi connectivity index (χ2n) is 2.81. The number of fused-ring (bicyclic) bond motifs is 3. The normalized spacial score (nSPS) is 11.5. The monoisotopic (exact) mass is 174 g/mol. The van der Waals surface area contributed by atoms with E-state index in [0.717, 1.165) is 16.7 Å². The van der Waals surface area contributed by atoms with Crippen molar-refractivity contribution in [2.24, 2.45) is 7.05 Å². The van der Waals surface area contributed by atoms with E-state index in [1.807, 2.05) is 7.05 Å². The highest BCUT2D eigenvalue weighted by Gasteiger charge is 2.06. The van der Waals surface area contributed by atoms with Crippen molar-refractivity contribution in [3.8, 4) is 0 Å². The van der Waals surface area contributed by atoms with E-state index in [2.05, 4.69) is 20.3 Å². The third kappa shape index (κ3) is 0.715. The van der Waals surface area contributed by atoms with Crippen LogP contribution in [0.1, 0.15) is 0 Å². The van der Waals surface area contributed by atoms with Crippen molar-refractivity contribution in [2.75, 3.05) is 0 Å². The second kappa shape index (κ2) is 2.03. The van der Waals surface area contributed by atoms with Crippen LogP contribution >= 0.6 is 0 Å². The maximum atomic E-state index is 4.22. The Balaban J connectivity index is 2.66. The Morgan fingerprint density at radius 3 is 3.08 bits per heavy atom. The topological polar surface area (TPSA) is 60.9 Å². The molecule has 0 aromatic carbocycles. The van der Waals surface area contributed by atoms with Gasteiger partial charge in [0, 0.05) is 7.05 Å². The molecule has 6 heteroatoms. The first-order valence-electron chi connectivity index (χ1n) is 3.82. The number of nitrogens with zero attached hydrogens (tertiary/aromatic N) is 6. The smallest absolute Gasteiger partial charge is 0.174 e. The fourth-order valence-electron chi connectivity index (χ4n) is 1.38. The van der Waals surface area contributed by atoms with E-state index in [9.17, 15) is 0 Å². The summed E-state index contributed by atoms with van der Waals surface area (Å²) in [5, 5.41) is 12.8. The van der Waals surface area contributed by atoms with Gasteiger partial charge in [-0.25, -0.2) is 4.98 Å². The zero-order valence-corrected chi connectivity index (χ0v) is 6.92. The third-order valence-electron chi connectivity index (χ3n) is 2.03. The minimum Gasteiger partial charge on any atom is -0.271 e. The zero-order chi connectivity index (χ0) is 8.84. The number of aryl methyl sites for hydroxylation is 1. The fraction of sp³-hybridized carbons (Fsp3) is 0.143. The minimum absolute atomic E-state index is 0.790. The van der Waals surface area contributed by atoms with Crippen LogP contribution in [0.2, 0.25) is 0 Å². The van der Waals surface area contributed by atoms with Gasteiger partial charge >= 0.3 is 0 Å². The molecule has 0 amide bonds. The van der Waals surface area contributed by atoms with E-state index in [0.29, 0.717) is 0 Å². The maximum absolute atomic E-state index is 4.22. The summed E-state index contributed by atoms with van der Waals surface area (Å²) in [6, 6.07) is 0. The molecule has 0 radical (unpaired) electrons. The van der Waals surface area contributed by atoms with E-state index in [1.165, 1.54) is 0 Å². The zero-order valence-electron chi connectivity index (χ0n) is 6.92. The van der Waals surface area contributed by atoms with Gasteiger partial charge in [-0.2, -0.15) is 5.10 Å². The Morgan fingerprint density at radius 2 is 2.15 bits per heavy atom. The first-order chi connectivity index (χ1) is 6.36. The van der Waals surface area contributed by atoms with Gasteiger partial charge in [-0.1, -0.05) is 0 Å². The first kappa shape index (κ1) is 6.53. The molecule has 0 aliphatic carbocycles. The molecule has 3 heterocycles. The third-order valence-corrected chi connectivity index (χ3v) is 2.03. The quantitative estimate of drug-likeness (QED) is 0.481. The van der Waals surface area contributed by atoms with E-state index in [4.69, 9.17) is 0 Å². The summed E-state index contributed by atoms with van der Waals surface area (Å²) in [7, 11) is 1.85. The van der Waals surface area contributed by atoms with Crippen molar-refractivity contribution in [2.45, 2.75) is 0 Å². The van der Waals surface area contributed by atoms with Crippen molar-refractivity contribution in [1.82, 2.24) is 29.4 Å². The Kier molecular flexibility index (Phi) is 1.02. The van der Waals surface area contributed by atoms with Gasteiger partial charge in [0.15, 0.2) is 11.3 Å². The van der Waals surface area contributed by atoms with Crippen LogP contribution in [-0.2, 0) is 7.05 Å². The Morgan fingerprint density at radius 1 is 1.23 bits per heavy atom. The summed E-state index contributed by atoms with van der Waals surface area (Å²) in [6.45, 7) is 0. The minimum atomic E-state index is 0.790. The highest BCUT2D eigenvalue weighted by Crippen LogP contribution is 2.13. The SMILES string of the molecule is Cn1ncc2c1ncn1cnnc21. The molecule has 13 heavy (non-hydrogen) atoms. The molecule has 0 aliphatic rings. The van der Waals surface area contributed by atoms with Crippen LogP contribution < -0.4 is 0 Å². The highest BCUT2D eigenvalue weighted by molar-refractivity contribution is 5.88. The van der Waals surface area contributed by atoms with Crippen molar-refractivity contribution >= 4 is 16.7 Å². The first-order valence-corrected chi connectivity index (χ1v) is 3.82. The molecule has 0 bridgehead atoms. The molecular weight excluding hydrogens is 168 g/mol. The molecule has 0 N–H and O–H groups in total. The Hall–Kier alpha value is -1.98. The van der Waals surface area contributed by atoms with E-state index >= 15 is 0 Å². The molecule has 3 aromatic heterocycles.